The maximum atomic E-state index is 11.1. The molecule has 0 saturated carbocycles. The van der Waals surface area contributed by atoms with Crippen molar-refractivity contribution in [1.29, 1.82) is 0 Å². The van der Waals surface area contributed by atoms with Crippen LogP contribution in [0.15, 0.2) is 18.2 Å². The van der Waals surface area contributed by atoms with Crippen molar-refractivity contribution >= 4 is 23.2 Å². The zero-order chi connectivity index (χ0) is 11.4. The first-order chi connectivity index (χ1) is 7.04. The predicted octanol–water partition coefficient (Wildman–Crippen LogP) is 3.30. The minimum atomic E-state index is -0.173. The fraction of sp³-hybridized carbons (Fsp3) is 0.417. The molecule has 3 heteroatoms. The maximum Gasteiger partial charge on any atom is 0.239 e. The van der Waals surface area contributed by atoms with Gasteiger partial charge in [-0.1, -0.05) is 19.9 Å². The van der Waals surface area contributed by atoms with Gasteiger partial charge < -0.3 is 5.32 Å². The second-order valence-electron chi connectivity index (χ2n) is 3.91. The van der Waals surface area contributed by atoms with Crippen LogP contribution in [0.5, 0.6) is 0 Å². The number of rotatable bonds is 3. The molecule has 1 rings (SSSR count). The highest BCUT2D eigenvalue weighted by molar-refractivity contribution is 6.29. The molecule has 0 aliphatic rings. The molecule has 2 nitrogen and oxygen atoms in total. The molecule has 0 radical (unpaired) electrons. The van der Waals surface area contributed by atoms with Crippen LogP contribution in [0.1, 0.15) is 30.9 Å². The summed E-state index contributed by atoms with van der Waals surface area (Å²) in [4.78, 5) is 11.1. The Labute approximate surface area is 95.6 Å². The number of aryl methyl sites for hydroxylation is 1. The van der Waals surface area contributed by atoms with Crippen LogP contribution >= 0.6 is 11.6 Å². The first-order valence-corrected chi connectivity index (χ1v) is 5.54. The Morgan fingerprint density at radius 2 is 2.13 bits per heavy atom. The average molecular weight is 226 g/mol. The summed E-state index contributed by atoms with van der Waals surface area (Å²) in [6, 6.07) is 5.93. The number of amides is 1. The molecule has 0 heterocycles. The van der Waals surface area contributed by atoms with Crippen molar-refractivity contribution in [1.82, 2.24) is 0 Å². The lowest BCUT2D eigenvalue weighted by Crippen LogP contribution is -2.12. The van der Waals surface area contributed by atoms with Gasteiger partial charge in [-0.25, -0.2) is 0 Å². The monoisotopic (exact) mass is 225 g/mol. The number of halogens is 1. The molecule has 1 aromatic carbocycles. The number of carbonyl (C=O) groups excluding carboxylic acids is 1. The van der Waals surface area contributed by atoms with Crippen molar-refractivity contribution in [2.24, 2.45) is 0 Å². The Kier molecular flexibility index (Phi) is 4.15. The van der Waals surface area contributed by atoms with Gasteiger partial charge in [0.05, 0.1) is 0 Å². The smallest absolute Gasteiger partial charge is 0.239 e. The molecule has 0 aromatic heterocycles. The molecular weight excluding hydrogens is 210 g/mol. The summed E-state index contributed by atoms with van der Waals surface area (Å²) >= 11 is 5.41. The summed E-state index contributed by atoms with van der Waals surface area (Å²) in [6.07, 6.45) is 0. The van der Waals surface area contributed by atoms with Gasteiger partial charge in [-0.05, 0) is 36.1 Å². The molecule has 0 aliphatic carbocycles. The summed E-state index contributed by atoms with van der Waals surface area (Å²) in [7, 11) is 0. The number of hydrogen-bond donors (Lipinski definition) is 1. The van der Waals surface area contributed by atoms with E-state index in [1.807, 2.05) is 25.1 Å². The normalized spacial score (nSPS) is 10.5. The zero-order valence-corrected chi connectivity index (χ0v) is 10.1. The lowest BCUT2D eigenvalue weighted by atomic mass is 9.98. The van der Waals surface area contributed by atoms with E-state index in [-0.39, 0.29) is 11.8 Å². The van der Waals surface area contributed by atoms with Gasteiger partial charge in [0.1, 0.15) is 5.88 Å². The summed E-state index contributed by atoms with van der Waals surface area (Å²) in [5.41, 5.74) is 3.30. The van der Waals surface area contributed by atoms with Crippen molar-refractivity contribution in [3.63, 3.8) is 0 Å². The van der Waals surface area contributed by atoms with E-state index in [1.54, 1.807) is 0 Å². The molecule has 0 bridgehead atoms. The number of hydrogen-bond acceptors (Lipinski definition) is 1. The van der Waals surface area contributed by atoms with Gasteiger partial charge in [-0.3, -0.25) is 4.79 Å². The lowest BCUT2D eigenvalue weighted by Gasteiger charge is -2.11. The van der Waals surface area contributed by atoms with Crippen LogP contribution in [0.25, 0.3) is 0 Å². The van der Waals surface area contributed by atoms with Crippen LogP contribution in [0.3, 0.4) is 0 Å². The molecule has 1 amide bonds. The van der Waals surface area contributed by atoms with Crippen molar-refractivity contribution in [2.75, 3.05) is 11.2 Å². The summed E-state index contributed by atoms with van der Waals surface area (Å²) in [5, 5.41) is 2.73. The van der Waals surface area contributed by atoms with Crippen LogP contribution in [0, 0.1) is 6.92 Å². The van der Waals surface area contributed by atoms with Gasteiger partial charge in [-0.2, -0.15) is 0 Å². The Hall–Kier alpha value is -1.02. The average Bonchev–Trinajstić information content (AvgIpc) is 2.17. The van der Waals surface area contributed by atoms with E-state index < -0.39 is 0 Å². The molecule has 15 heavy (non-hydrogen) atoms. The van der Waals surface area contributed by atoms with E-state index >= 15 is 0 Å². The highest BCUT2D eigenvalue weighted by Gasteiger charge is 2.05. The van der Waals surface area contributed by atoms with E-state index in [1.165, 1.54) is 11.1 Å². The molecule has 0 fully saturated rings. The van der Waals surface area contributed by atoms with Crippen LogP contribution < -0.4 is 5.32 Å². The zero-order valence-electron chi connectivity index (χ0n) is 9.30. The Balaban J connectivity index is 2.87. The molecule has 0 atom stereocenters. The highest BCUT2D eigenvalue weighted by atomic mass is 35.5. The van der Waals surface area contributed by atoms with Crippen LogP contribution in [0.4, 0.5) is 5.69 Å². The minimum Gasteiger partial charge on any atom is -0.325 e. The van der Waals surface area contributed by atoms with Crippen molar-refractivity contribution in [2.45, 2.75) is 26.7 Å². The van der Waals surface area contributed by atoms with E-state index in [0.717, 1.165) is 5.69 Å². The van der Waals surface area contributed by atoms with Crippen LogP contribution in [0.2, 0.25) is 0 Å². The van der Waals surface area contributed by atoms with Crippen molar-refractivity contribution in [3.05, 3.63) is 29.3 Å². The van der Waals surface area contributed by atoms with Gasteiger partial charge in [0, 0.05) is 5.69 Å². The fourth-order valence-corrected chi connectivity index (χ4v) is 1.66. The van der Waals surface area contributed by atoms with Crippen molar-refractivity contribution < 1.29 is 4.79 Å². The minimum absolute atomic E-state index is 0.00895. The molecule has 1 N–H and O–H groups in total. The molecule has 0 unspecified atom stereocenters. The second kappa shape index (κ2) is 5.17. The third-order valence-electron chi connectivity index (χ3n) is 2.30. The topological polar surface area (TPSA) is 29.1 Å². The van der Waals surface area contributed by atoms with Crippen molar-refractivity contribution in [3.8, 4) is 0 Å². The standard InChI is InChI=1S/C12H16ClNO/c1-8(2)11-5-4-10(6-9(11)3)14-12(15)7-13/h4-6,8H,7H2,1-3H3,(H,14,15). The van der Waals surface area contributed by atoms with Gasteiger partial charge in [0.25, 0.3) is 0 Å². The number of nitrogens with one attached hydrogen (secondary N) is 1. The second-order valence-corrected chi connectivity index (χ2v) is 4.18. The third-order valence-corrected chi connectivity index (χ3v) is 2.54. The van der Waals surface area contributed by atoms with Gasteiger partial charge in [-0.15, -0.1) is 11.6 Å². The number of benzene rings is 1. The maximum absolute atomic E-state index is 11.1. The quantitative estimate of drug-likeness (QED) is 0.786. The van der Waals surface area contributed by atoms with Gasteiger partial charge in [0.2, 0.25) is 5.91 Å². The summed E-state index contributed by atoms with van der Waals surface area (Å²) < 4.78 is 0. The number of carbonyl (C=O) groups is 1. The number of anilines is 1. The van der Waals surface area contributed by atoms with Crippen LogP contribution in [-0.4, -0.2) is 11.8 Å². The Morgan fingerprint density at radius 1 is 1.47 bits per heavy atom. The largest absolute Gasteiger partial charge is 0.325 e. The first kappa shape index (κ1) is 12.1. The Morgan fingerprint density at radius 3 is 2.60 bits per heavy atom. The van der Waals surface area contributed by atoms with E-state index in [0.29, 0.717) is 5.92 Å². The SMILES string of the molecule is Cc1cc(NC(=O)CCl)ccc1C(C)C. The molecule has 0 aliphatic heterocycles. The van der Waals surface area contributed by atoms with Gasteiger partial charge in [0.15, 0.2) is 0 Å². The van der Waals surface area contributed by atoms with E-state index in [2.05, 4.69) is 19.2 Å². The number of alkyl halides is 1. The first-order valence-electron chi connectivity index (χ1n) is 5.01. The fourth-order valence-electron chi connectivity index (χ4n) is 1.60. The van der Waals surface area contributed by atoms with Gasteiger partial charge >= 0.3 is 0 Å². The highest BCUT2D eigenvalue weighted by Crippen LogP contribution is 2.22. The predicted molar refractivity (Wildman–Crippen MR) is 64.6 cm³/mol. The summed E-state index contributed by atoms with van der Waals surface area (Å²) in [5.74, 6) is 0.321. The lowest BCUT2D eigenvalue weighted by molar-refractivity contribution is -0.113. The van der Waals surface area contributed by atoms with E-state index in [4.69, 9.17) is 11.6 Å². The molecule has 82 valence electrons. The molecule has 1 aromatic rings. The van der Waals surface area contributed by atoms with E-state index in [9.17, 15) is 4.79 Å². The Bertz CT molecular complexity index is 361. The van der Waals surface area contributed by atoms with Crippen LogP contribution in [-0.2, 0) is 4.79 Å². The molecule has 0 saturated heterocycles. The summed E-state index contributed by atoms with van der Waals surface area (Å²) in [6.45, 7) is 6.35. The molecular formula is C12H16ClNO. The third kappa shape index (κ3) is 3.24. The molecule has 0 spiro atoms.